The van der Waals surface area contributed by atoms with Gasteiger partial charge >= 0.3 is 6.18 Å². The van der Waals surface area contributed by atoms with Gasteiger partial charge in [-0.3, -0.25) is 0 Å². The number of halogens is 3. The standard InChI is InChI=1S/C16H19F3N2/c1-4-21-9-8-15(20(2)3)14(11-21)12-6-5-7-13(10-12)16(17,18)19/h5-8,10-11H,4,9H2,1-3H3. The van der Waals surface area contributed by atoms with Gasteiger partial charge in [0.1, 0.15) is 0 Å². The lowest BCUT2D eigenvalue weighted by Gasteiger charge is -2.29. The Balaban J connectivity index is 2.46. The average Bonchev–Trinajstić information content (AvgIpc) is 2.45. The van der Waals surface area contributed by atoms with Crippen LogP contribution >= 0.6 is 0 Å². The fourth-order valence-electron chi connectivity index (χ4n) is 2.34. The van der Waals surface area contributed by atoms with Gasteiger partial charge in [-0.05, 0) is 30.7 Å². The van der Waals surface area contributed by atoms with Crippen molar-refractivity contribution in [2.45, 2.75) is 13.1 Å². The second-order valence-electron chi connectivity index (χ2n) is 5.19. The van der Waals surface area contributed by atoms with E-state index in [2.05, 4.69) is 4.90 Å². The van der Waals surface area contributed by atoms with E-state index in [1.165, 1.54) is 12.1 Å². The van der Waals surface area contributed by atoms with Crippen LogP contribution in [0.2, 0.25) is 0 Å². The number of alkyl halides is 3. The summed E-state index contributed by atoms with van der Waals surface area (Å²) in [5.41, 5.74) is 1.73. The number of benzene rings is 1. The van der Waals surface area contributed by atoms with Crippen LogP contribution in [0.25, 0.3) is 5.57 Å². The summed E-state index contributed by atoms with van der Waals surface area (Å²) in [5, 5.41) is 0. The molecule has 0 N–H and O–H groups in total. The van der Waals surface area contributed by atoms with Gasteiger partial charge in [0.2, 0.25) is 0 Å². The van der Waals surface area contributed by atoms with E-state index in [0.717, 1.165) is 30.4 Å². The molecule has 114 valence electrons. The minimum absolute atomic E-state index is 0.586. The minimum atomic E-state index is -4.32. The van der Waals surface area contributed by atoms with Crippen LogP contribution in [0.5, 0.6) is 0 Å². The van der Waals surface area contributed by atoms with Crippen LogP contribution in [0.15, 0.2) is 42.2 Å². The first-order valence-electron chi connectivity index (χ1n) is 6.84. The first-order valence-corrected chi connectivity index (χ1v) is 6.84. The molecule has 0 atom stereocenters. The number of hydrogen-bond donors (Lipinski definition) is 0. The Morgan fingerprint density at radius 2 is 1.95 bits per heavy atom. The molecule has 0 saturated carbocycles. The van der Waals surface area contributed by atoms with E-state index in [-0.39, 0.29) is 0 Å². The van der Waals surface area contributed by atoms with Gasteiger partial charge in [0.15, 0.2) is 0 Å². The number of hydrogen-bond acceptors (Lipinski definition) is 2. The highest BCUT2D eigenvalue weighted by molar-refractivity contribution is 5.79. The third-order valence-corrected chi connectivity index (χ3v) is 3.50. The number of nitrogens with zero attached hydrogens (tertiary/aromatic N) is 2. The summed E-state index contributed by atoms with van der Waals surface area (Å²) in [6, 6.07) is 5.49. The van der Waals surface area contributed by atoms with Crippen molar-refractivity contribution in [1.29, 1.82) is 0 Å². The Labute approximate surface area is 123 Å². The van der Waals surface area contributed by atoms with Crippen LogP contribution in [0.3, 0.4) is 0 Å². The first kappa shape index (κ1) is 15.5. The molecule has 1 heterocycles. The van der Waals surface area contributed by atoms with Crippen LogP contribution < -0.4 is 0 Å². The van der Waals surface area contributed by atoms with Crippen molar-refractivity contribution in [2.24, 2.45) is 0 Å². The van der Waals surface area contributed by atoms with Crippen molar-refractivity contribution in [3.63, 3.8) is 0 Å². The van der Waals surface area contributed by atoms with Crippen molar-refractivity contribution >= 4 is 5.57 Å². The van der Waals surface area contributed by atoms with Gasteiger partial charge in [-0.15, -0.1) is 0 Å². The van der Waals surface area contributed by atoms with Crippen molar-refractivity contribution in [2.75, 3.05) is 27.2 Å². The fourth-order valence-corrected chi connectivity index (χ4v) is 2.34. The van der Waals surface area contributed by atoms with Crippen LogP contribution in [0.4, 0.5) is 13.2 Å². The molecule has 2 rings (SSSR count). The lowest BCUT2D eigenvalue weighted by atomic mass is 9.98. The van der Waals surface area contributed by atoms with Gasteiger partial charge < -0.3 is 9.80 Å². The Morgan fingerprint density at radius 1 is 1.24 bits per heavy atom. The predicted molar refractivity (Wildman–Crippen MR) is 78.4 cm³/mol. The van der Waals surface area contributed by atoms with Gasteiger partial charge in [-0.25, -0.2) is 0 Å². The summed E-state index contributed by atoms with van der Waals surface area (Å²) < 4.78 is 38.6. The second kappa shape index (κ2) is 5.84. The summed E-state index contributed by atoms with van der Waals surface area (Å²) in [5.74, 6) is 0. The van der Waals surface area contributed by atoms with E-state index in [0.29, 0.717) is 5.56 Å². The zero-order chi connectivity index (χ0) is 15.6. The average molecular weight is 296 g/mol. The van der Waals surface area contributed by atoms with E-state index in [4.69, 9.17) is 0 Å². The third kappa shape index (κ3) is 3.40. The molecule has 0 aliphatic carbocycles. The normalized spacial score (nSPS) is 15.6. The van der Waals surface area contributed by atoms with E-state index in [9.17, 15) is 13.2 Å². The molecule has 1 aliphatic heterocycles. The quantitative estimate of drug-likeness (QED) is 0.836. The summed E-state index contributed by atoms with van der Waals surface area (Å²) in [7, 11) is 3.80. The molecular formula is C16H19F3N2. The maximum atomic E-state index is 12.9. The maximum Gasteiger partial charge on any atom is 0.416 e. The molecule has 0 radical (unpaired) electrons. The molecule has 0 amide bonds. The highest BCUT2D eigenvalue weighted by Gasteiger charge is 2.31. The molecule has 21 heavy (non-hydrogen) atoms. The summed E-state index contributed by atoms with van der Waals surface area (Å²) in [4.78, 5) is 4.00. The number of likely N-dealkylation sites (N-methyl/N-ethyl adjacent to an activating group) is 2. The molecule has 1 aromatic rings. The molecule has 0 saturated heterocycles. The van der Waals surface area contributed by atoms with E-state index < -0.39 is 11.7 Å². The van der Waals surface area contributed by atoms with Gasteiger partial charge in [-0.1, -0.05) is 12.1 Å². The van der Waals surface area contributed by atoms with Crippen LogP contribution in [0, 0.1) is 0 Å². The minimum Gasteiger partial charge on any atom is -0.377 e. The molecule has 0 fully saturated rings. The van der Waals surface area contributed by atoms with Crippen LogP contribution in [-0.2, 0) is 6.18 Å². The molecule has 0 aromatic heterocycles. The van der Waals surface area contributed by atoms with Crippen LogP contribution in [0.1, 0.15) is 18.1 Å². The van der Waals surface area contributed by atoms with E-state index >= 15 is 0 Å². The number of rotatable bonds is 3. The summed E-state index contributed by atoms with van der Waals surface area (Å²) in [6.45, 7) is 3.61. The smallest absolute Gasteiger partial charge is 0.377 e. The molecule has 1 aromatic carbocycles. The van der Waals surface area contributed by atoms with Crippen molar-refractivity contribution in [3.8, 4) is 0 Å². The molecule has 0 spiro atoms. The first-order chi connectivity index (χ1) is 9.82. The molecule has 0 bridgehead atoms. The van der Waals surface area contributed by atoms with Gasteiger partial charge in [0.25, 0.3) is 0 Å². The van der Waals surface area contributed by atoms with Crippen molar-refractivity contribution in [1.82, 2.24) is 9.80 Å². The molecule has 0 unspecified atom stereocenters. The second-order valence-corrected chi connectivity index (χ2v) is 5.19. The van der Waals surface area contributed by atoms with Crippen molar-refractivity contribution in [3.05, 3.63) is 53.4 Å². The number of allylic oxidation sites excluding steroid dienone is 1. The molecular weight excluding hydrogens is 277 g/mol. The maximum absolute atomic E-state index is 12.9. The molecule has 1 aliphatic rings. The largest absolute Gasteiger partial charge is 0.416 e. The van der Waals surface area contributed by atoms with E-state index in [1.54, 1.807) is 6.07 Å². The molecule has 5 heteroatoms. The van der Waals surface area contributed by atoms with Gasteiger partial charge in [-0.2, -0.15) is 13.2 Å². The highest BCUT2D eigenvalue weighted by atomic mass is 19.4. The van der Waals surface area contributed by atoms with Gasteiger partial charge in [0, 0.05) is 44.7 Å². The Morgan fingerprint density at radius 3 is 2.52 bits per heavy atom. The topological polar surface area (TPSA) is 6.48 Å². The Hall–Kier alpha value is -1.91. The van der Waals surface area contributed by atoms with E-state index in [1.807, 2.05) is 38.2 Å². The third-order valence-electron chi connectivity index (χ3n) is 3.50. The SMILES string of the molecule is CCN1C=C(c2cccc(C(F)(F)F)c2)C(N(C)C)=CC1. The monoisotopic (exact) mass is 296 g/mol. The van der Waals surface area contributed by atoms with Crippen LogP contribution in [-0.4, -0.2) is 37.0 Å². The summed E-state index contributed by atoms with van der Waals surface area (Å²) in [6.07, 6.45) is -0.346. The fraction of sp³-hybridized carbons (Fsp3) is 0.375. The lowest BCUT2D eigenvalue weighted by molar-refractivity contribution is -0.137. The van der Waals surface area contributed by atoms with Gasteiger partial charge in [0.05, 0.1) is 5.56 Å². The molecule has 2 nitrogen and oxygen atoms in total. The predicted octanol–water partition coefficient (Wildman–Crippen LogP) is 3.83. The Kier molecular flexibility index (Phi) is 4.30. The van der Waals surface area contributed by atoms with Crippen molar-refractivity contribution < 1.29 is 13.2 Å². The highest BCUT2D eigenvalue weighted by Crippen LogP contribution is 2.34. The zero-order valence-electron chi connectivity index (χ0n) is 12.4. The lowest BCUT2D eigenvalue weighted by Crippen LogP contribution is -2.25. The Bertz CT molecular complexity index is 571. The zero-order valence-corrected chi connectivity index (χ0v) is 12.4. The summed E-state index contributed by atoms with van der Waals surface area (Å²) >= 11 is 0.